The van der Waals surface area contributed by atoms with E-state index in [2.05, 4.69) is 53.4 Å². The van der Waals surface area contributed by atoms with Crippen molar-refractivity contribution in [2.75, 3.05) is 6.16 Å². The van der Waals surface area contributed by atoms with Crippen molar-refractivity contribution in [2.45, 2.75) is 25.9 Å². The van der Waals surface area contributed by atoms with Gasteiger partial charge in [0, 0.05) is 30.7 Å². The monoisotopic (exact) mass is 454 g/mol. The maximum Gasteiger partial charge on any atom is 0.331 e. The first-order valence-corrected chi connectivity index (χ1v) is 10.9. The molecular weight excluding hydrogens is 430 g/mol. The van der Waals surface area contributed by atoms with Gasteiger partial charge in [0.05, 0.1) is 0 Å². The number of benzene rings is 1. The second-order valence-electron chi connectivity index (χ2n) is 6.63. The molecule has 0 spiro atoms. The Morgan fingerprint density at radius 3 is 1.69 bits per heavy atom. The average Bonchev–Trinajstić information content (AvgIpc) is 2.68. The Bertz CT molecular complexity index is 901. The Balaban J connectivity index is 0.00000210. The number of halogens is 2. The standard InChI is InChI=1S/C21H23N2O3P.2ClH/c24-27(25,26)18-17-23-15-10-21(11-16-23)20-8-13-22(14-9-20)12-4-7-19-5-2-1-3-6-19;;/h1-3,5-6,8-11,13-16H,4,7,12,17-18H2;2*1H. The van der Waals surface area contributed by atoms with E-state index >= 15 is 0 Å². The molecule has 0 aliphatic carbocycles. The second-order valence-corrected chi connectivity index (χ2v) is 8.40. The van der Waals surface area contributed by atoms with Gasteiger partial charge in [-0.3, -0.25) is 4.57 Å². The summed E-state index contributed by atoms with van der Waals surface area (Å²) in [7, 11) is -3.96. The van der Waals surface area contributed by atoms with Gasteiger partial charge in [-0.2, -0.15) is 0 Å². The molecule has 29 heavy (non-hydrogen) atoms. The molecule has 2 aromatic heterocycles. The van der Waals surface area contributed by atoms with Crippen molar-refractivity contribution < 1.29 is 48.3 Å². The van der Waals surface area contributed by atoms with Crippen LogP contribution in [0.2, 0.25) is 0 Å². The van der Waals surface area contributed by atoms with E-state index in [1.54, 1.807) is 4.57 Å². The first-order valence-electron chi connectivity index (χ1n) is 9.07. The van der Waals surface area contributed by atoms with Crippen molar-refractivity contribution in [3.05, 3.63) is 84.9 Å². The van der Waals surface area contributed by atoms with E-state index in [0.717, 1.165) is 30.5 Å². The largest absolute Gasteiger partial charge is 1.00 e. The number of rotatable bonds is 8. The van der Waals surface area contributed by atoms with Gasteiger partial charge in [-0.1, -0.05) is 30.3 Å². The fourth-order valence-corrected chi connectivity index (χ4v) is 3.45. The van der Waals surface area contributed by atoms with Crippen LogP contribution in [-0.2, 0) is 24.1 Å². The van der Waals surface area contributed by atoms with Gasteiger partial charge in [0.15, 0.2) is 31.3 Å². The molecule has 8 heteroatoms. The van der Waals surface area contributed by atoms with E-state index < -0.39 is 7.60 Å². The van der Waals surface area contributed by atoms with Crippen LogP contribution in [0.1, 0.15) is 12.0 Å². The molecule has 0 saturated carbocycles. The minimum atomic E-state index is -3.96. The van der Waals surface area contributed by atoms with Crippen molar-refractivity contribution in [3.8, 4) is 11.1 Å². The molecule has 0 unspecified atom stereocenters. The molecule has 0 aliphatic heterocycles. The van der Waals surface area contributed by atoms with Crippen LogP contribution in [0.4, 0.5) is 0 Å². The number of aromatic nitrogens is 2. The molecular formula is C21H25Cl2N2O3P. The average molecular weight is 455 g/mol. The van der Waals surface area contributed by atoms with Gasteiger partial charge in [-0.05, 0) is 23.1 Å². The Kier molecular flexibility index (Phi) is 10.5. The summed E-state index contributed by atoms with van der Waals surface area (Å²) in [5, 5.41) is 0. The molecule has 0 saturated heterocycles. The molecule has 156 valence electrons. The summed E-state index contributed by atoms with van der Waals surface area (Å²) in [6, 6.07) is 18.6. The van der Waals surface area contributed by atoms with Crippen molar-refractivity contribution in [2.24, 2.45) is 0 Å². The smallest absolute Gasteiger partial charge is 0.331 e. The quantitative estimate of drug-likeness (QED) is 0.277. The molecule has 2 N–H and O–H groups in total. The van der Waals surface area contributed by atoms with E-state index in [9.17, 15) is 4.57 Å². The van der Waals surface area contributed by atoms with Crippen molar-refractivity contribution in [1.82, 2.24) is 0 Å². The van der Waals surface area contributed by atoms with Crippen LogP contribution in [0.5, 0.6) is 0 Å². The maximum absolute atomic E-state index is 11.0. The third kappa shape index (κ3) is 8.65. The van der Waals surface area contributed by atoms with Crippen LogP contribution < -0.4 is 33.9 Å². The number of nitrogens with zero attached hydrogens (tertiary/aromatic N) is 2. The zero-order valence-corrected chi connectivity index (χ0v) is 18.3. The summed E-state index contributed by atoms with van der Waals surface area (Å²) in [6.45, 7) is 1.28. The Morgan fingerprint density at radius 2 is 1.21 bits per heavy atom. The Hall–Kier alpha value is -1.75. The lowest BCUT2D eigenvalue weighted by Crippen LogP contribution is -3.00. The molecule has 1 aromatic carbocycles. The zero-order valence-electron chi connectivity index (χ0n) is 15.9. The zero-order chi connectivity index (χ0) is 19.1. The van der Waals surface area contributed by atoms with Crippen molar-refractivity contribution in [1.29, 1.82) is 0 Å². The number of aryl methyl sites for hydroxylation is 3. The first-order chi connectivity index (χ1) is 13.0. The molecule has 0 bridgehead atoms. The highest BCUT2D eigenvalue weighted by Crippen LogP contribution is 2.33. The van der Waals surface area contributed by atoms with Gasteiger partial charge in [0.25, 0.3) is 0 Å². The number of hydrogen-bond donors (Lipinski definition) is 2. The number of hydrogen-bond acceptors (Lipinski definition) is 1. The highest BCUT2D eigenvalue weighted by atomic mass is 35.5. The fourth-order valence-electron chi connectivity index (χ4n) is 2.95. The van der Waals surface area contributed by atoms with E-state index in [0.29, 0.717) is 6.54 Å². The van der Waals surface area contributed by atoms with Crippen LogP contribution in [0.25, 0.3) is 11.1 Å². The van der Waals surface area contributed by atoms with Crippen LogP contribution in [0.15, 0.2) is 79.4 Å². The van der Waals surface area contributed by atoms with Gasteiger partial charge in [-0.25, -0.2) is 9.13 Å². The summed E-state index contributed by atoms with van der Waals surface area (Å²) in [5.41, 5.74) is 3.57. The van der Waals surface area contributed by atoms with Crippen molar-refractivity contribution >= 4 is 7.60 Å². The molecule has 0 radical (unpaired) electrons. The summed E-state index contributed by atoms with van der Waals surface area (Å²) < 4.78 is 14.9. The Morgan fingerprint density at radius 1 is 0.724 bits per heavy atom. The predicted octanol–water partition coefficient (Wildman–Crippen LogP) is -3.25. The Labute approximate surface area is 184 Å². The normalized spacial score (nSPS) is 10.7. The SMILES string of the molecule is O=P(O)(O)CC[n+]1ccc(-c2cc[n+](CCCc3ccccc3)cc2)cc1.[Cl-].[Cl-]. The first kappa shape index (κ1) is 25.3. The summed E-state index contributed by atoms with van der Waals surface area (Å²) in [5.74, 6) is 0. The highest BCUT2D eigenvalue weighted by Gasteiger charge is 2.16. The predicted molar refractivity (Wildman–Crippen MR) is 104 cm³/mol. The van der Waals surface area contributed by atoms with Crippen LogP contribution >= 0.6 is 7.60 Å². The lowest BCUT2D eigenvalue weighted by atomic mass is 10.1. The second kappa shape index (κ2) is 12.1. The molecule has 3 aromatic rings. The maximum atomic E-state index is 11.0. The van der Waals surface area contributed by atoms with Gasteiger partial charge in [-0.15, -0.1) is 0 Å². The lowest BCUT2D eigenvalue weighted by molar-refractivity contribution is -0.697. The van der Waals surface area contributed by atoms with Gasteiger partial charge < -0.3 is 34.6 Å². The van der Waals surface area contributed by atoms with E-state index in [4.69, 9.17) is 9.79 Å². The van der Waals surface area contributed by atoms with Crippen LogP contribution in [0, 0.1) is 0 Å². The van der Waals surface area contributed by atoms with Gasteiger partial charge in [0.2, 0.25) is 0 Å². The minimum Gasteiger partial charge on any atom is -1.00 e. The number of pyridine rings is 2. The summed E-state index contributed by atoms with van der Waals surface area (Å²) in [6.07, 6.45) is 9.91. The summed E-state index contributed by atoms with van der Waals surface area (Å²) in [4.78, 5) is 17.9. The lowest BCUT2D eigenvalue weighted by Gasteiger charge is -2.03. The fraction of sp³-hybridized carbons (Fsp3) is 0.238. The molecule has 0 fully saturated rings. The van der Waals surface area contributed by atoms with E-state index in [1.165, 1.54) is 5.56 Å². The van der Waals surface area contributed by atoms with Crippen LogP contribution in [-0.4, -0.2) is 15.9 Å². The topological polar surface area (TPSA) is 65.3 Å². The van der Waals surface area contributed by atoms with E-state index in [-0.39, 0.29) is 31.0 Å². The van der Waals surface area contributed by atoms with Gasteiger partial charge in [0.1, 0.15) is 12.7 Å². The molecule has 5 nitrogen and oxygen atoms in total. The minimum absolute atomic E-state index is 0. The third-order valence-corrected chi connectivity index (χ3v) is 5.27. The molecule has 0 aliphatic rings. The molecule has 3 rings (SSSR count). The molecule has 0 amide bonds. The van der Waals surface area contributed by atoms with Crippen molar-refractivity contribution in [3.63, 3.8) is 0 Å². The summed E-state index contributed by atoms with van der Waals surface area (Å²) >= 11 is 0. The van der Waals surface area contributed by atoms with E-state index in [1.807, 2.05) is 30.6 Å². The van der Waals surface area contributed by atoms with Crippen LogP contribution in [0.3, 0.4) is 0 Å². The highest BCUT2D eigenvalue weighted by molar-refractivity contribution is 7.51. The molecule has 0 atom stereocenters. The molecule has 2 heterocycles. The third-order valence-electron chi connectivity index (χ3n) is 4.49. The van der Waals surface area contributed by atoms with Gasteiger partial charge >= 0.3 is 7.60 Å².